The standard InChI is InChI=1S/C15H16N4OS/c1-16-14-7-10(5-6-17-14)9-21-15-18-12-4-3-11(20-2)8-13(12)19-15/h3-8H,9H2,1-2H3,(H,16,17)(H,18,19). The molecule has 3 aromatic rings. The van der Waals surface area contributed by atoms with Crippen LogP contribution in [0.1, 0.15) is 5.56 Å². The average Bonchev–Trinajstić information content (AvgIpc) is 2.95. The van der Waals surface area contributed by atoms with Crippen LogP contribution in [0.15, 0.2) is 41.7 Å². The Bertz CT molecular complexity index is 756. The van der Waals surface area contributed by atoms with E-state index in [2.05, 4.69) is 20.3 Å². The molecule has 0 saturated carbocycles. The number of fused-ring (bicyclic) bond motifs is 1. The fraction of sp³-hybridized carbons (Fsp3) is 0.200. The lowest BCUT2D eigenvalue weighted by molar-refractivity contribution is 0.415. The van der Waals surface area contributed by atoms with Crippen LogP contribution < -0.4 is 10.1 Å². The van der Waals surface area contributed by atoms with Gasteiger partial charge in [0.1, 0.15) is 11.6 Å². The van der Waals surface area contributed by atoms with Crippen molar-refractivity contribution in [2.24, 2.45) is 0 Å². The molecule has 2 heterocycles. The third-order valence-corrected chi connectivity index (χ3v) is 4.07. The highest BCUT2D eigenvalue weighted by Gasteiger charge is 2.05. The minimum Gasteiger partial charge on any atom is -0.497 e. The number of aromatic amines is 1. The van der Waals surface area contributed by atoms with Crippen LogP contribution in [0.5, 0.6) is 5.75 Å². The summed E-state index contributed by atoms with van der Waals surface area (Å²) < 4.78 is 5.22. The van der Waals surface area contributed by atoms with Crippen molar-refractivity contribution in [2.75, 3.05) is 19.5 Å². The van der Waals surface area contributed by atoms with Crippen molar-refractivity contribution in [1.82, 2.24) is 15.0 Å². The van der Waals surface area contributed by atoms with E-state index in [1.807, 2.05) is 43.6 Å². The number of anilines is 1. The molecule has 108 valence electrons. The Kier molecular flexibility index (Phi) is 3.96. The summed E-state index contributed by atoms with van der Waals surface area (Å²) in [7, 11) is 3.53. The second-order valence-corrected chi connectivity index (χ2v) is 5.48. The molecule has 0 amide bonds. The highest BCUT2D eigenvalue weighted by Crippen LogP contribution is 2.25. The predicted octanol–water partition coefficient (Wildman–Crippen LogP) is 3.30. The molecule has 2 aromatic heterocycles. The maximum absolute atomic E-state index is 5.22. The topological polar surface area (TPSA) is 62.8 Å². The lowest BCUT2D eigenvalue weighted by Crippen LogP contribution is -1.92. The van der Waals surface area contributed by atoms with E-state index < -0.39 is 0 Å². The highest BCUT2D eigenvalue weighted by molar-refractivity contribution is 7.98. The summed E-state index contributed by atoms with van der Waals surface area (Å²) in [5, 5.41) is 3.95. The van der Waals surface area contributed by atoms with Gasteiger partial charge < -0.3 is 15.0 Å². The van der Waals surface area contributed by atoms with Gasteiger partial charge in [0.05, 0.1) is 18.1 Å². The molecule has 6 heteroatoms. The van der Waals surface area contributed by atoms with Crippen molar-refractivity contribution >= 4 is 28.6 Å². The number of methoxy groups -OCH3 is 1. The zero-order valence-electron chi connectivity index (χ0n) is 11.9. The number of ether oxygens (including phenoxy) is 1. The van der Waals surface area contributed by atoms with Gasteiger partial charge in [-0.25, -0.2) is 9.97 Å². The Hall–Kier alpha value is -2.21. The molecule has 0 fully saturated rings. The molecule has 2 N–H and O–H groups in total. The van der Waals surface area contributed by atoms with Crippen LogP contribution >= 0.6 is 11.8 Å². The van der Waals surface area contributed by atoms with Crippen LogP contribution in [0.4, 0.5) is 5.82 Å². The van der Waals surface area contributed by atoms with Gasteiger partial charge in [-0.15, -0.1) is 0 Å². The number of imidazole rings is 1. The highest BCUT2D eigenvalue weighted by atomic mass is 32.2. The van der Waals surface area contributed by atoms with Crippen molar-refractivity contribution in [3.05, 3.63) is 42.1 Å². The van der Waals surface area contributed by atoms with Crippen LogP contribution in [0.3, 0.4) is 0 Å². The number of nitrogens with one attached hydrogen (secondary N) is 2. The maximum Gasteiger partial charge on any atom is 0.166 e. The molecule has 21 heavy (non-hydrogen) atoms. The number of hydrogen-bond donors (Lipinski definition) is 2. The summed E-state index contributed by atoms with van der Waals surface area (Å²) in [5.74, 6) is 2.55. The Morgan fingerprint density at radius 3 is 3.00 bits per heavy atom. The van der Waals surface area contributed by atoms with Gasteiger partial charge in [-0.1, -0.05) is 11.8 Å². The first kappa shape index (κ1) is 13.8. The van der Waals surface area contributed by atoms with Crippen molar-refractivity contribution in [1.29, 1.82) is 0 Å². The second kappa shape index (κ2) is 6.05. The zero-order chi connectivity index (χ0) is 14.7. The van der Waals surface area contributed by atoms with Gasteiger partial charge in [-0.05, 0) is 29.8 Å². The van der Waals surface area contributed by atoms with Crippen molar-refractivity contribution in [3.8, 4) is 5.75 Å². The van der Waals surface area contributed by atoms with Crippen LogP contribution in [0.2, 0.25) is 0 Å². The summed E-state index contributed by atoms with van der Waals surface area (Å²) in [5.41, 5.74) is 3.14. The monoisotopic (exact) mass is 300 g/mol. The van der Waals surface area contributed by atoms with Gasteiger partial charge in [0, 0.05) is 25.1 Å². The number of thioether (sulfide) groups is 1. The van der Waals surface area contributed by atoms with E-state index >= 15 is 0 Å². The minimum absolute atomic E-state index is 0.829. The van der Waals surface area contributed by atoms with Crippen LogP contribution in [-0.2, 0) is 5.75 Å². The molecule has 0 aliphatic rings. The third kappa shape index (κ3) is 3.11. The summed E-state index contributed by atoms with van der Waals surface area (Å²) in [6.07, 6.45) is 1.81. The Morgan fingerprint density at radius 2 is 2.19 bits per heavy atom. The number of H-pyrrole nitrogens is 1. The quantitative estimate of drug-likeness (QED) is 0.708. The molecule has 0 aliphatic heterocycles. The fourth-order valence-corrected chi connectivity index (χ4v) is 2.84. The van der Waals surface area contributed by atoms with Crippen LogP contribution in [-0.4, -0.2) is 29.1 Å². The molecule has 0 aliphatic carbocycles. The largest absolute Gasteiger partial charge is 0.497 e. The zero-order valence-corrected chi connectivity index (χ0v) is 12.7. The summed E-state index contributed by atoms with van der Waals surface area (Å²) in [6.45, 7) is 0. The Morgan fingerprint density at radius 1 is 1.29 bits per heavy atom. The molecule has 1 aromatic carbocycles. The first-order valence-electron chi connectivity index (χ1n) is 6.58. The van der Waals surface area contributed by atoms with Gasteiger partial charge in [0.15, 0.2) is 5.16 Å². The minimum atomic E-state index is 0.829. The van der Waals surface area contributed by atoms with Gasteiger partial charge >= 0.3 is 0 Å². The molecule has 0 bridgehead atoms. The van der Waals surface area contributed by atoms with Gasteiger partial charge in [-0.3, -0.25) is 0 Å². The van der Waals surface area contributed by atoms with Crippen molar-refractivity contribution in [3.63, 3.8) is 0 Å². The van der Waals surface area contributed by atoms with E-state index in [4.69, 9.17) is 4.74 Å². The number of benzene rings is 1. The Labute approximate surface area is 127 Å². The van der Waals surface area contributed by atoms with Gasteiger partial charge in [0.2, 0.25) is 0 Å². The van der Waals surface area contributed by atoms with E-state index in [9.17, 15) is 0 Å². The molecule has 5 nitrogen and oxygen atoms in total. The molecular weight excluding hydrogens is 284 g/mol. The summed E-state index contributed by atoms with van der Waals surface area (Å²) in [4.78, 5) is 12.1. The third-order valence-electron chi connectivity index (χ3n) is 3.12. The van der Waals surface area contributed by atoms with E-state index in [1.165, 1.54) is 5.56 Å². The normalized spacial score (nSPS) is 10.8. The molecule has 0 spiro atoms. The summed E-state index contributed by atoms with van der Waals surface area (Å²) in [6, 6.07) is 9.89. The average molecular weight is 300 g/mol. The number of nitrogens with zero attached hydrogens (tertiary/aromatic N) is 2. The maximum atomic E-state index is 5.22. The van der Waals surface area contributed by atoms with Gasteiger partial charge in [-0.2, -0.15) is 0 Å². The lowest BCUT2D eigenvalue weighted by atomic mass is 10.3. The van der Waals surface area contributed by atoms with E-state index in [0.29, 0.717) is 0 Å². The fourth-order valence-electron chi connectivity index (χ4n) is 2.01. The molecule has 0 unspecified atom stereocenters. The van der Waals surface area contributed by atoms with E-state index in [1.54, 1.807) is 18.9 Å². The SMILES string of the molecule is CNc1cc(CSc2nc3ccc(OC)cc3[nH]2)ccn1. The van der Waals surface area contributed by atoms with E-state index in [0.717, 1.165) is 33.5 Å². The van der Waals surface area contributed by atoms with E-state index in [-0.39, 0.29) is 0 Å². The van der Waals surface area contributed by atoms with Crippen LogP contribution in [0.25, 0.3) is 11.0 Å². The summed E-state index contributed by atoms with van der Waals surface area (Å²) >= 11 is 1.67. The number of pyridine rings is 1. The van der Waals surface area contributed by atoms with Gasteiger partial charge in [0.25, 0.3) is 0 Å². The number of aromatic nitrogens is 3. The van der Waals surface area contributed by atoms with Crippen LogP contribution in [0, 0.1) is 0 Å². The number of rotatable bonds is 5. The van der Waals surface area contributed by atoms with Crippen molar-refractivity contribution in [2.45, 2.75) is 10.9 Å². The second-order valence-electron chi connectivity index (χ2n) is 4.51. The number of hydrogen-bond acceptors (Lipinski definition) is 5. The molecule has 0 saturated heterocycles. The smallest absolute Gasteiger partial charge is 0.166 e. The first-order valence-corrected chi connectivity index (χ1v) is 7.56. The predicted molar refractivity (Wildman–Crippen MR) is 86.0 cm³/mol. The molecule has 0 atom stereocenters. The molecule has 3 rings (SSSR count). The lowest BCUT2D eigenvalue weighted by Gasteiger charge is -2.02. The van der Waals surface area contributed by atoms with Crippen molar-refractivity contribution < 1.29 is 4.74 Å². The molecule has 0 radical (unpaired) electrons. The first-order chi connectivity index (χ1) is 10.3. The molecular formula is C15H16N4OS. The Balaban J connectivity index is 1.75.